The van der Waals surface area contributed by atoms with Gasteiger partial charge in [-0.15, -0.1) is 11.8 Å². The van der Waals surface area contributed by atoms with E-state index in [1.807, 2.05) is 13.8 Å². The Bertz CT molecular complexity index is 799. The monoisotopic (exact) mass is 422 g/mol. The van der Waals surface area contributed by atoms with E-state index in [1.54, 1.807) is 48.2 Å². The number of carbonyl (C=O) groups is 2. The normalized spacial score (nSPS) is 11.9. The number of hydrogen-bond donors (Lipinski definition) is 2. The lowest BCUT2D eigenvalue weighted by Crippen LogP contribution is -2.50. The zero-order chi connectivity index (χ0) is 20.5. The molecule has 4 nitrogen and oxygen atoms in total. The fourth-order valence-electron chi connectivity index (χ4n) is 2.51. The molecule has 2 N–H and O–H groups in total. The lowest BCUT2D eigenvalue weighted by molar-refractivity contribution is -0.123. The van der Waals surface area contributed by atoms with E-state index in [0.29, 0.717) is 17.1 Å². The Kier molecular flexibility index (Phi) is 8.80. The fourth-order valence-corrected chi connectivity index (χ4v) is 3.59. The van der Waals surface area contributed by atoms with Gasteiger partial charge in [-0.2, -0.15) is 0 Å². The lowest BCUT2D eigenvalue weighted by Gasteiger charge is -2.22. The average molecular weight is 423 g/mol. The zero-order valence-electron chi connectivity index (χ0n) is 15.9. The van der Waals surface area contributed by atoms with E-state index in [-0.39, 0.29) is 23.5 Å². The minimum absolute atomic E-state index is 0.0694. The molecule has 0 aliphatic carbocycles. The van der Waals surface area contributed by atoms with Crippen molar-refractivity contribution < 1.29 is 14.0 Å². The van der Waals surface area contributed by atoms with Gasteiger partial charge < -0.3 is 10.6 Å². The average Bonchev–Trinajstić information content (AvgIpc) is 2.67. The summed E-state index contributed by atoms with van der Waals surface area (Å²) in [4.78, 5) is 25.9. The van der Waals surface area contributed by atoms with Crippen LogP contribution in [-0.4, -0.2) is 30.2 Å². The van der Waals surface area contributed by atoms with Gasteiger partial charge in [0.1, 0.15) is 11.9 Å². The summed E-state index contributed by atoms with van der Waals surface area (Å²) < 4.78 is 12.9. The highest BCUT2D eigenvalue weighted by molar-refractivity contribution is 7.99. The number of amides is 2. The van der Waals surface area contributed by atoms with Gasteiger partial charge in [0, 0.05) is 11.4 Å². The Morgan fingerprint density at radius 3 is 2.43 bits per heavy atom. The van der Waals surface area contributed by atoms with Gasteiger partial charge >= 0.3 is 0 Å². The Labute approximate surface area is 174 Å². The van der Waals surface area contributed by atoms with Crippen LogP contribution < -0.4 is 10.6 Å². The topological polar surface area (TPSA) is 58.2 Å². The summed E-state index contributed by atoms with van der Waals surface area (Å²) in [5.74, 6) is -0.117. The molecule has 0 spiro atoms. The minimum atomic E-state index is -0.645. The quantitative estimate of drug-likeness (QED) is 0.461. The molecule has 0 saturated heterocycles. The van der Waals surface area contributed by atoms with Gasteiger partial charge in [0.05, 0.1) is 10.6 Å². The first kappa shape index (κ1) is 22.2. The number of thioether (sulfide) groups is 1. The van der Waals surface area contributed by atoms with Crippen LogP contribution in [0.5, 0.6) is 0 Å². The van der Waals surface area contributed by atoms with Gasteiger partial charge in [0.25, 0.3) is 5.91 Å². The SMILES string of the molecule is CC(C)C(NC(=O)c1ccccc1Cl)C(=O)NCCCSc1ccc(F)cc1. The van der Waals surface area contributed by atoms with E-state index in [0.717, 1.165) is 17.1 Å². The molecule has 0 aliphatic rings. The van der Waals surface area contributed by atoms with Gasteiger partial charge in [0.2, 0.25) is 5.91 Å². The molecular formula is C21H24ClFN2O2S. The van der Waals surface area contributed by atoms with Crippen LogP contribution in [0.25, 0.3) is 0 Å². The smallest absolute Gasteiger partial charge is 0.253 e. The number of halogens is 2. The van der Waals surface area contributed by atoms with Crippen molar-refractivity contribution in [2.45, 2.75) is 31.2 Å². The zero-order valence-corrected chi connectivity index (χ0v) is 17.4. The number of hydrogen-bond acceptors (Lipinski definition) is 3. The predicted molar refractivity (Wildman–Crippen MR) is 112 cm³/mol. The molecule has 0 aliphatic heterocycles. The van der Waals surface area contributed by atoms with E-state index >= 15 is 0 Å². The molecule has 1 atom stereocenters. The molecule has 28 heavy (non-hydrogen) atoms. The third-order valence-electron chi connectivity index (χ3n) is 4.06. The summed E-state index contributed by atoms with van der Waals surface area (Å²) >= 11 is 7.66. The van der Waals surface area contributed by atoms with Crippen molar-refractivity contribution in [3.8, 4) is 0 Å². The molecule has 2 amide bonds. The van der Waals surface area contributed by atoms with E-state index in [9.17, 15) is 14.0 Å². The molecule has 150 valence electrons. The summed E-state index contributed by atoms with van der Waals surface area (Å²) in [5.41, 5.74) is 0.346. The fraction of sp³-hybridized carbons (Fsp3) is 0.333. The van der Waals surface area contributed by atoms with Gasteiger partial charge in [-0.1, -0.05) is 37.6 Å². The second kappa shape index (κ2) is 11.1. The van der Waals surface area contributed by atoms with Crippen LogP contribution in [0.4, 0.5) is 4.39 Å². The maximum atomic E-state index is 12.9. The molecule has 7 heteroatoms. The first-order chi connectivity index (χ1) is 13.4. The first-order valence-electron chi connectivity index (χ1n) is 9.10. The van der Waals surface area contributed by atoms with Crippen LogP contribution in [-0.2, 0) is 4.79 Å². The highest BCUT2D eigenvalue weighted by Gasteiger charge is 2.25. The maximum absolute atomic E-state index is 12.9. The van der Waals surface area contributed by atoms with Crippen molar-refractivity contribution >= 4 is 35.2 Å². The van der Waals surface area contributed by atoms with E-state index < -0.39 is 6.04 Å². The standard InChI is InChI=1S/C21H24ClFN2O2S/c1-14(2)19(25-20(26)17-6-3-4-7-18(17)22)21(27)24-12-5-13-28-16-10-8-15(23)9-11-16/h3-4,6-11,14,19H,5,12-13H2,1-2H3,(H,24,27)(H,25,26). The van der Waals surface area contributed by atoms with Crippen LogP contribution in [0.15, 0.2) is 53.4 Å². The highest BCUT2D eigenvalue weighted by atomic mass is 35.5. The summed E-state index contributed by atoms with van der Waals surface area (Å²) in [6.07, 6.45) is 0.761. The van der Waals surface area contributed by atoms with Gasteiger partial charge in [-0.25, -0.2) is 4.39 Å². The van der Waals surface area contributed by atoms with E-state index in [1.165, 1.54) is 12.1 Å². The van der Waals surface area contributed by atoms with E-state index in [4.69, 9.17) is 11.6 Å². The van der Waals surface area contributed by atoms with Crippen LogP contribution in [0.1, 0.15) is 30.6 Å². The second-order valence-corrected chi connectivity index (χ2v) is 8.20. The molecule has 1 unspecified atom stereocenters. The predicted octanol–water partition coefficient (Wildman–Crippen LogP) is 4.53. The second-order valence-electron chi connectivity index (χ2n) is 6.62. The summed E-state index contributed by atoms with van der Waals surface area (Å²) in [6, 6.07) is 12.4. The molecular weight excluding hydrogens is 399 g/mol. The van der Waals surface area contributed by atoms with Crippen molar-refractivity contribution in [1.29, 1.82) is 0 Å². The lowest BCUT2D eigenvalue weighted by atomic mass is 10.0. The molecule has 0 aromatic heterocycles. The van der Waals surface area contributed by atoms with Gasteiger partial charge in [-0.05, 0) is 54.5 Å². The number of carbonyl (C=O) groups excluding carboxylic acids is 2. The summed E-state index contributed by atoms with van der Waals surface area (Å²) in [6.45, 7) is 4.25. The molecule has 0 fully saturated rings. The number of rotatable bonds is 9. The van der Waals surface area contributed by atoms with Crippen LogP contribution in [0.2, 0.25) is 5.02 Å². The Morgan fingerprint density at radius 1 is 1.11 bits per heavy atom. The molecule has 0 bridgehead atoms. The Morgan fingerprint density at radius 2 is 1.79 bits per heavy atom. The third-order valence-corrected chi connectivity index (χ3v) is 5.48. The van der Waals surface area contributed by atoms with Crippen molar-refractivity contribution in [2.24, 2.45) is 5.92 Å². The molecule has 0 saturated carbocycles. The van der Waals surface area contributed by atoms with Gasteiger partial charge in [0.15, 0.2) is 0 Å². The van der Waals surface area contributed by atoms with Crippen molar-refractivity contribution in [2.75, 3.05) is 12.3 Å². The molecule has 2 aromatic rings. The van der Waals surface area contributed by atoms with E-state index in [2.05, 4.69) is 10.6 Å². The van der Waals surface area contributed by atoms with Gasteiger partial charge in [-0.3, -0.25) is 9.59 Å². The minimum Gasteiger partial charge on any atom is -0.354 e. The molecule has 2 rings (SSSR count). The molecule has 2 aromatic carbocycles. The highest BCUT2D eigenvalue weighted by Crippen LogP contribution is 2.18. The maximum Gasteiger partial charge on any atom is 0.253 e. The number of benzene rings is 2. The van der Waals surface area contributed by atoms with Crippen molar-refractivity contribution in [3.05, 3.63) is 64.9 Å². The third kappa shape index (κ3) is 6.84. The molecule has 0 radical (unpaired) electrons. The number of nitrogens with one attached hydrogen (secondary N) is 2. The molecule has 0 heterocycles. The summed E-state index contributed by atoms with van der Waals surface area (Å²) in [5, 5.41) is 5.99. The Balaban J connectivity index is 1.79. The van der Waals surface area contributed by atoms with Crippen LogP contribution in [0, 0.1) is 11.7 Å². The van der Waals surface area contributed by atoms with Crippen molar-refractivity contribution in [3.63, 3.8) is 0 Å². The summed E-state index contributed by atoms with van der Waals surface area (Å²) in [7, 11) is 0. The van der Waals surface area contributed by atoms with Crippen molar-refractivity contribution in [1.82, 2.24) is 10.6 Å². The van der Waals surface area contributed by atoms with Crippen LogP contribution in [0.3, 0.4) is 0 Å². The van der Waals surface area contributed by atoms with Crippen LogP contribution >= 0.6 is 23.4 Å². The Hall–Kier alpha value is -2.05. The largest absolute Gasteiger partial charge is 0.354 e. The first-order valence-corrected chi connectivity index (χ1v) is 10.5.